The van der Waals surface area contributed by atoms with Crippen LogP contribution in [0.3, 0.4) is 0 Å². The van der Waals surface area contributed by atoms with Gasteiger partial charge in [-0.15, -0.1) is 0 Å². The zero-order valence-electron chi connectivity index (χ0n) is 11.1. The lowest BCUT2D eigenvalue weighted by molar-refractivity contribution is -0.132. The summed E-state index contributed by atoms with van der Waals surface area (Å²) in [4.78, 5) is 13.9. The van der Waals surface area contributed by atoms with Crippen LogP contribution in [0.4, 0.5) is 0 Å². The van der Waals surface area contributed by atoms with Crippen molar-refractivity contribution in [3.05, 3.63) is 0 Å². The third-order valence-corrected chi connectivity index (χ3v) is 3.90. The lowest BCUT2D eigenvalue weighted by Crippen LogP contribution is -2.38. The summed E-state index contributed by atoms with van der Waals surface area (Å²) in [6.07, 6.45) is 2.98. The van der Waals surface area contributed by atoms with Crippen LogP contribution in [0.1, 0.15) is 40.0 Å². The molecule has 0 aromatic carbocycles. The molecule has 94 valence electrons. The van der Waals surface area contributed by atoms with Gasteiger partial charge in [-0.1, -0.05) is 13.8 Å². The molecule has 0 radical (unpaired) electrons. The summed E-state index contributed by atoms with van der Waals surface area (Å²) >= 11 is 0. The van der Waals surface area contributed by atoms with Gasteiger partial charge in [0.05, 0.1) is 0 Å². The number of nitrogens with one attached hydrogen (secondary N) is 1. The van der Waals surface area contributed by atoms with Crippen LogP contribution in [0.25, 0.3) is 0 Å². The predicted molar refractivity (Wildman–Crippen MR) is 67.3 cm³/mol. The van der Waals surface area contributed by atoms with E-state index in [1.807, 2.05) is 11.9 Å². The fourth-order valence-electron chi connectivity index (χ4n) is 2.14. The first kappa shape index (κ1) is 13.5. The molecule has 16 heavy (non-hydrogen) atoms. The highest BCUT2D eigenvalue weighted by Gasteiger charge is 2.20. The first-order valence-corrected chi connectivity index (χ1v) is 6.48. The second-order valence-electron chi connectivity index (χ2n) is 5.39. The Morgan fingerprint density at radius 2 is 2.12 bits per heavy atom. The smallest absolute Gasteiger partial charge is 0.222 e. The minimum Gasteiger partial charge on any atom is -0.343 e. The molecule has 0 aromatic rings. The van der Waals surface area contributed by atoms with Crippen molar-refractivity contribution in [2.24, 2.45) is 11.8 Å². The van der Waals surface area contributed by atoms with Crippen LogP contribution in [-0.2, 0) is 4.79 Å². The molecule has 3 heteroatoms. The molecule has 0 aromatic heterocycles. The van der Waals surface area contributed by atoms with Gasteiger partial charge in [0.15, 0.2) is 0 Å². The van der Waals surface area contributed by atoms with Crippen LogP contribution in [-0.4, -0.2) is 37.0 Å². The minimum atomic E-state index is 0.299. The predicted octanol–water partition coefficient (Wildman–Crippen LogP) is 1.88. The van der Waals surface area contributed by atoms with Gasteiger partial charge in [-0.25, -0.2) is 0 Å². The Morgan fingerprint density at radius 1 is 1.44 bits per heavy atom. The van der Waals surface area contributed by atoms with Crippen molar-refractivity contribution >= 4 is 5.91 Å². The summed E-state index contributed by atoms with van der Waals surface area (Å²) in [6, 6.07) is 0.342. The van der Waals surface area contributed by atoms with Crippen LogP contribution < -0.4 is 5.32 Å². The van der Waals surface area contributed by atoms with Crippen molar-refractivity contribution in [3.8, 4) is 0 Å². The summed E-state index contributed by atoms with van der Waals surface area (Å²) in [7, 11) is 1.93. The Labute approximate surface area is 99.6 Å². The highest BCUT2D eigenvalue weighted by atomic mass is 16.2. The van der Waals surface area contributed by atoms with Gasteiger partial charge in [-0.2, -0.15) is 0 Å². The number of hydrogen-bond acceptors (Lipinski definition) is 2. The van der Waals surface area contributed by atoms with Gasteiger partial charge in [-0.3, -0.25) is 4.79 Å². The van der Waals surface area contributed by atoms with E-state index in [2.05, 4.69) is 26.1 Å². The zero-order valence-corrected chi connectivity index (χ0v) is 11.1. The van der Waals surface area contributed by atoms with E-state index >= 15 is 0 Å². The minimum absolute atomic E-state index is 0.299. The number of nitrogens with zero attached hydrogens (tertiary/aromatic N) is 1. The van der Waals surface area contributed by atoms with Crippen LogP contribution in [0, 0.1) is 11.8 Å². The van der Waals surface area contributed by atoms with Crippen molar-refractivity contribution in [2.75, 3.05) is 20.1 Å². The largest absolute Gasteiger partial charge is 0.343 e. The lowest BCUT2D eigenvalue weighted by atomic mass is 10.0. The second kappa shape index (κ2) is 6.24. The number of carbonyl (C=O) groups is 1. The molecule has 0 saturated carbocycles. The number of rotatable bonds is 5. The zero-order chi connectivity index (χ0) is 12.1. The molecule has 1 fully saturated rings. The Bertz CT molecular complexity index is 222. The molecule has 0 bridgehead atoms. The van der Waals surface area contributed by atoms with Crippen molar-refractivity contribution in [1.29, 1.82) is 0 Å². The second-order valence-corrected chi connectivity index (χ2v) is 5.39. The van der Waals surface area contributed by atoms with Crippen molar-refractivity contribution < 1.29 is 4.79 Å². The van der Waals surface area contributed by atoms with Crippen molar-refractivity contribution in [2.45, 2.75) is 46.1 Å². The molecule has 0 aliphatic carbocycles. The van der Waals surface area contributed by atoms with E-state index in [0.29, 0.717) is 30.2 Å². The highest BCUT2D eigenvalue weighted by molar-refractivity contribution is 5.76. The van der Waals surface area contributed by atoms with Crippen LogP contribution in [0.5, 0.6) is 0 Å². The van der Waals surface area contributed by atoms with E-state index in [1.54, 1.807) is 0 Å². The molecule has 1 aliphatic rings. The standard InChI is InChI=1S/C13H26N2O/c1-10(2)11(3)15(4)13(16)6-5-12-7-8-14-9-12/h10-12,14H,5-9H2,1-4H3. The van der Waals surface area contributed by atoms with E-state index in [9.17, 15) is 4.79 Å². The van der Waals surface area contributed by atoms with E-state index in [0.717, 1.165) is 19.5 Å². The van der Waals surface area contributed by atoms with Gasteiger partial charge in [0.25, 0.3) is 0 Å². The van der Waals surface area contributed by atoms with Crippen LogP contribution >= 0.6 is 0 Å². The first-order chi connectivity index (χ1) is 7.52. The molecular formula is C13H26N2O. The molecule has 1 heterocycles. The quantitative estimate of drug-likeness (QED) is 0.776. The Hall–Kier alpha value is -0.570. The maximum atomic E-state index is 12.0. The number of carbonyl (C=O) groups excluding carboxylic acids is 1. The Morgan fingerprint density at radius 3 is 2.62 bits per heavy atom. The number of amides is 1. The Kier molecular flexibility index (Phi) is 5.26. The highest BCUT2D eigenvalue weighted by Crippen LogP contribution is 2.16. The van der Waals surface area contributed by atoms with Gasteiger partial charge in [0, 0.05) is 19.5 Å². The normalized spacial score (nSPS) is 22.4. The summed E-state index contributed by atoms with van der Waals surface area (Å²) in [5.41, 5.74) is 0. The van der Waals surface area contributed by atoms with Gasteiger partial charge < -0.3 is 10.2 Å². The maximum absolute atomic E-state index is 12.0. The monoisotopic (exact) mass is 226 g/mol. The Balaban J connectivity index is 2.27. The summed E-state index contributed by atoms with van der Waals surface area (Å²) in [6.45, 7) is 8.66. The van der Waals surface area contributed by atoms with Gasteiger partial charge >= 0.3 is 0 Å². The van der Waals surface area contributed by atoms with Crippen LogP contribution in [0.2, 0.25) is 0 Å². The van der Waals surface area contributed by atoms with Crippen molar-refractivity contribution in [1.82, 2.24) is 10.2 Å². The molecule has 1 amide bonds. The van der Waals surface area contributed by atoms with E-state index in [4.69, 9.17) is 0 Å². The molecule has 0 spiro atoms. The molecule has 3 nitrogen and oxygen atoms in total. The van der Waals surface area contributed by atoms with Gasteiger partial charge in [0.1, 0.15) is 0 Å². The third kappa shape index (κ3) is 3.78. The molecule has 1 aliphatic heterocycles. The summed E-state index contributed by atoms with van der Waals surface area (Å²) < 4.78 is 0. The maximum Gasteiger partial charge on any atom is 0.222 e. The van der Waals surface area contributed by atoms with Crippen molar-refractivity contribution in [3.63, 3.8) is 0 Å². The third-order valence-electron chi connectivity index (χ3n) is 3.90. The van der Waals surface area contributed by atoms with Gasteiger partial charge in [-0.05, 0) is 44.7 Å². The fourth-order valence-corrected chi connectivity index (χ4v) is 2.14. The average molecular weight is 226 g/mol. The topological polar surface area (TPSA) is 32.3 Å². The molecule has 2 unspecified atom stereocenters. The van der Waals surface area contributed by atoms with E-state index < -0.39 is 0 Å². The molecule has 1 N–H and O–H groups in total. The average Bonchev–Trinajstić information content (AvgIpc) is 2.76. The molecule has 1 saturated heterocycles. The summed E-state index contributed by atoms with van der Waals surface area (Å²) in [5, 5.41) is 3.34. The number of hydrogen-bond donors (Lipinski definition) is 1. The molecule has 2 atom stereocenters. The van der Waals surface area contributed by atoms with E-state index in [-0.39, 0.29) is 0 Å². The lowest BCUT2D eigenvalue weighted by Gasteiger charge is -2.28. The SMILES string of the molecule is CC(C)C(C)N(C)C(=O)CCC1CCNC1. The molecule has 1 rings (SSSR count). The fraction of sp³-hybridized carbons (Fsp3) is 0.923. The van der Waals surface area contributed by atoms with E-state index in [1.165, 1.54) is 6.42 Å². The first-order valence-electron chi connectivity index (χ1n) is 6.48. The summed E-state index contributed by atoms with van der Waals surface area (Å²) in [5.74, 6) is 1.54. The van der Waals surface area contributed by atoms with Crippen LogP contribution in [0.15, 0.2) is 0 Å². The molecular weight excluding hydrogens is 200 g/mol. The van der Waals surface area contributed by atoms with Gasteiger partial charge in [0.2, 0.25) is 5.91 Å².